The molecule has 0 aromatic rings. The SMILES string of the molecule is CC1CCCC2C3(C)CCC4(C)C5CC(C)(C)CCC5(C)CCC4(C)C3CCC12CO. The summed E-state index contributed by atoms with van der Waals surface area (Å²) < 4.78 is 0. The van der Waals surface area contributed by atoms with Crippen molar-refractivity contribution in [2.24, 2.45) is 56.2 Å². The van der Waals surface area contributed by atoms with Crippen LogP contribution in [0.25, 0.3) is 0 Å². The minimum atomic E-state index is 0.212. The van der Waals surface area contributed by atoms with Crippen molar-refractivity contribution < 1.29 is 5.11 Å². The lowest BCUT2D eigenvalue weighted by atomic mass is 9.30. The van der Waals surface area contributed by atoms with Crippen LogP contribution < -0.4 is 0 Å². The number of hydrogen-bond donors (Lipinski definition) is 1. The fourth-order valence-electron chi connectivity index (χ4n) is 11.5. The van der Waals surface area contributed by atoms with Gasteiger partial charge in [-0.1, -0.05) is 61.3 Å². The summed E-state index contributed by atoms with van der Waals surface area (Å²) in [6, 6.07) is 0. The van der Waals surface area contributed by atoms with Crippen molar-refractivity contribution in [1.29, 1.82) is 0 Å². The van der Waals surface area contributed by atoms with E-state index in [2.05, 4.69) is 48.5 Å². The molecule has 0 spiro atoms. The van der Waals surface area contributed by atoms with Crippen LogP contribution in [-0.2, 0) is 0 Å². The van der Waals surface area contributed by atoms with Gasteiger partial charge in [-0.3, -0.25) is 0 Å². The van der Waals surface area contributed by atoms with Gasteiger partial charge in [-0.05, 0) is 120 Å². The van der Waals surface area contributed by atoms with Crippen molar-refractivity contribution in [2.45, 2.75) is 126 Å². The summed E-state index contributed by atoms with van der Waals surface area (Å²) >= 11 is 0. The Kier molecular flexibility index (Phi) is 4.96. The molecule has 178 valence electrons. The van der Waals surface area contributed by atoms with Crippen molar-refractivity contribution in [3.8, 4) is 0 Å². The minimum Gasteiger partial charge on any atom is -0.396 e. The monoisotopic (exact) mass is 428 g/mol. The molecule has 0 radical (unpaired) electrons. The van der Waals surface area contributed by atoms with Crippen LogP contribution in [0.1, 0.15) is 126 Å². The smallest absolute Gasteiger partial charge is 0.0492 e. The third-order valence-corrected chi connectivity index (χ3v) is 13.8. The zero-order valence-corrected chi connectivity index (χ0v) is 21.9. The largest absolute Gasteiger partial charge is 0.396 e. The van der Waals surface area contributed by atoms with E-state index < -0.39 is 0 Å². The lowest BCUT2D eigenvalue weighted by Gasteiger charge is -2.75. The molecule has 5 saturated carbocycles. The standard InChI is InChI=1S/C30H52O/c1-21-9-8-10-23-27(5)16-18-29(7)24-19-25(2,3)13-14-26(24,4)15-17-28(29,6)22(27)11-12-30(21,23)20-31/h21-24,31H,8-20H2,1-7H3. The predicted molar refractivity (Wildman–Crippen MR) is 131 cm³/mol. The van der Waals surface area contributed by atoms with E-state index in [4.69, 9.17) is 0 Å². The van der Waals surface area contributed by atoms with E-state index in [0.717, 1.165) is 17.8 Å². The Morgan fingerprint density at radius 1 is 0.677 bits per heavy atom. The first-order valence-corrected chi connectivity index (χ1v) is 14.0. The van der Waals surface area contributed by atoms with Gasteiger partial charge in [0.15, 0.2) is 0 Å². The van der Waals surface area contributed by atoms with Crippen LogP contribution in [0, 0.1) is 56.2 Å². The highest BCUT2D eigenvalue weighted by molar-refractivity contribution is 5.19. The highest BCUT2D eigenvalue weighted by atomic mass is 16.3. The number of hydrogen-bond acceptors (Lipinski definition) is 1. The van der Waals surface area contributed by atoms with Crippen LogP contribution in [0.3, 0.4) is 0 Å². The highest BCUT2D eigenvalue weighted by Gasteiger charge is 2.70. The highest BCUT2D eigenvalue weighted by Crippen LogP contribution is 2.78. The topological polar surface area (TPSA) is 20.2 Å². The Morgan fingerprint density at radius 2 is 1.32 bits per heavy atom. The molecule has 0 amide bonds. The average molecular weight is 429 g/mol. The Hall–Kier alpha value is -0.0400. The van der Waals surface area contributed by atoms with E-state index in [1.54, 1.807) is 0 Å². The van der Waals surface area contributed by atoms with E-state index in [1.807, 2.05) is 0 Å². The number of fused-ring (bicyclic) bond motifs is 7. The molecule has 0 saturated heterocycles. The summed E-state index contributed by atoms with van der Waals surface area (Å²) in [7, 11) is 0. The van der Waals surface area contributed by atoms with Crippen molar-refractivity contribution in [2.75, 3.05) is 6.61 Å². The predicted octanol–water partition coefficient (Wildman–Crippen LogP) is 8.25. The average Bonchev–Trinajstić information content (AvgIpc) is 2.72. The Morgan fingerprint density at radius 3 is 2.03 bits per heavy atom. The molecule has 31 heavy (non-hydrogen) atoms. The van der Waals surface area contributed by atoms with E-state index in [9.17, 15) is 5.11 Å². The van der Waals surface area contributed by atoms with E-state index in [1.165, 1.54) is 77.0 Å². The third kappa shape index (κ3) is 2.77. The molecule has 9 unspecified atom stereocenters. The quantitative estimate of drug-likeness (QED) is 0.445. The molecule has 1 heteroatoms. The van der Waals surface area contributed by atoms with Crippen LogP contribution in [-0.4, -0.2) is 11.7 Å². The zero-order chi connectivity index (χ0) is 22.5. The second-order valence-electron chi connectivity index (χ2n) is 15.3. The Labute approximate surface area is 193 Å². The van der Waals surface area contributed by atoms with Gasteiger partial charge in [0, 0.05) is 6.61 Å². The first-order valence-electron chi connectivity index (χ1n) is 14.0. The summed E-state index contributed by atoms with van der Waals surface area (Å²) in [6.45, 7) is 18.9. The summed E-state index contributed by atoms with van der Waals surface area (Å²) in [5.41, 5.74) is 2.69. The molecule has 0 aliphatic heterocycles. The molecule has 5 aliphatic carbocycles. The second kappa shape index (κ2) is 6.76. The number of rotatable bonds is 1. The molecular weight excluding hydrogens is 376 g/mol. The lowest BCUT2D eigenvalue weighted by Crippen LogP contribution is -2.68. The van der Waals surface area contributed by atoms with Crippen LogP contribution in [0.5, 0.6) is 0 Å². The Bertz CT molecular complexity index is 726. The van der Waals surface area contributed by atoms with Gasteiger partial charge in [0.2, 0.25) is 0 Å². The van der Waals surface area contributed by atoms with Crippen molar-refractivity contribution in [1.82, 2.24) is 0 Å². The van der Waals surface area contributed by atoms with Crippen molar-refractivity contribution >= 4 is 0 Å². The summed E-state index contributed by atoms with van der Waals surface area (Å²) in [5.74, 6) is 3.18. The number of aliphatic hydroxyl groups excluding tert-OH is 1. The van der Waals surface area contributed by atoms with Gasteiger partial charge in [0.1, 0.15) is 0 Å². The Balaban J connectivity index is 1.55. The van der Waals surface area contributed by atoms with Crippen LogP contribution in [0.2, 0.25) is 0 Å². The van der Waals surface area contributed by atoms with Gasteiger partial charge in [-0.2, -0.15) is 0 Å². The van der Waals surface area contributed by atoms with E-state index >= 15 is 0 Å². The molecule has 5 fully saturated rings. The lowest BCUT2D eigenvalue weighted by molar-refractivity contribution is -0.263. The van der Waals surface area contributed by atoms with Gasteiger partial charge in [0.25, 0.3) is 0 Å². The molecule has 0 aromatic heterocycles. The fraction of sp³-hybridized carbons (Fsp3) is 1.00. The number of aliphatic hydroxyl groups is 1. The van der Waals surface area contributed by atoms with Crippen LogP contribution >= 0.6 is 0 Å². The molecular formula is C30H52O. The molecule has 1 N–H and O–H groups in total. The normalized spacial score (nSPS) is 58.5. The van der Waals surface area contributed by atoms with Gasteiger partial charge in [-0.15, -0.1) is 0 Å². The third-order valence-electron chi connectivity index (χ3n) is 13.8. The van der Waals surface area contributed by atoms with Crippen molar-refractivity contribution in [3.05, 3.63) is 0 Å². The van der Waals surface area contributed by atoms with Crippen molar-refractivity contribution in [3.63, 3.8) is 0 Å². The molecule has 0 bridgehead atoms. The van der Waals surface area contributed by atoms with E-state index in [-0.39, 0.29) is 5.41 Å². The van der Waals surface area contributed by atoms with Crippen LogP contribution in [0.15, 0.2) is 0 Å². The summed E-state index contributed by atoms with van der Waals surface area (Å²) in [4.78, 5) is 0. The molecule has 9 atom stereocenters. The van der Waals surface area contributed by atoms with E-state index in [0.29, 0.717) is 39.6 Å². The molecule has 1 nitrogen and oxygen atoms in total. The first-order chi connectivity index (χ1) is 14.4. The second-order valence-corrected chi connectivity index (χ2v) is 15.3. The van der Waals surface area contributed by atoms with Gasteiger partial charge in [-0.25, -0.2) is 0 Å². The zero-order valence-electron chi connectivity index (χ0n) is 21.9. The maximum absolute atomic E-state index is 10.7. The van der Waals surface area contributed by atoms with Gasteiger partial charge >= 0.3 is 0 Å². The van der Waals surface area contributed by atoms with Gasteiger partial charge < -0.3 is 5.11 Å². The first kappa shape index (κ1) is 22.7. The maximum Gasteiger partial charge on any atom is 0.0492 e. The van der Waals surface area contributed by atoms with Crippen LogP contribution in [0.4, 0.5) is 0 Å². The maximum atomic E-state index is 10.7. The molecule has 5 rings (SSSR count). The molecule has 5 aliphatic rings. The molecule has 0 heterocycles. The fourth-order valence-corrected chi connectivity index (χ4v) is 11.5. The van der Waals surface area contributed by atoms with Gasteiger partial charge in [0.05, 0.1) is 0 Å². The summed E-state index contributed by atoms with van der Waals surface area (Å²) in [5, 5.41) is 10.7. The summed E-state index contributed by atoms with van der Waals surface area (Å²) in [6.07, 6.45) is 16.8. The minimum absolute atomic E-state index is 0.212. The molecule has 0 aromatic carbocycles.